The summed E-state index contributed by atoms with van der Waals surface area (Å²) in [6, 6.07) is 7.43. The summed E-state index contributed by atoms with van der Waals surface area (Å²) in [6.07, 6.45) is 1.76. The standard InChI is InChI=1S/C25H37N7O6/c1-25(2,3)38-24(35)27-12-14-37-16-15-36-13-11-26-21(33)5-4-6-22(34)28-17-19-7-9-20(10-8-19)23-31-29-18-30-32-23/h7-10,18H,4-6,11-17H2,1-3H3,(H,26,33)(H,27,35)(H,28,34). The fourth-order valence-corrected chi connectivity index (χ4v) is 3.00. The van der Waals surface area contributed by atoms with Crippen molar-refractivity contribution >= 4 is 17.9 Å². The van der Waals surface area contributed by atoms with Gasteiger partial charge in [0.15, 0.2) is 6.33 Å². The van der Waals surface area contributed by atoms with E-state index in [0.717, 1.165) is 11.1 Å². The first kappa shape index (κ1) is 30.5. The third-order valence-electron chi connectivity index (χ3n) is 4.77. The van der Waals surface area contributed by atoms with E-state index in [2.05, 4.69) is 36.3 Å². The van der Waals surface area contributed by atoms with Gasteiger partial charge >= 0.3 is 6.09 Å². The Morgan fingerprint density at radius 1 is 0.789 bits per heavy atom. The van der Waals surface area contributed by atoms with Gasteiger partial charge < -0.3 is 30.2 Å². The van der Waals surface area contributed by atoms with Gasteiger partial charge in [-0.15, -0.1) is 20.4 Å². The van der Waals surface area contributed by atoms with Gasteiger partial charge in [0.25, 0.3) is 0 Å². The van der Waals surface area contributed by atoms with Crippen molar-refractivity contribution in [1.82, 2.24) is 36.3 Å². The quantitative estimate of drug-likeness (QED) is 0.269. The molecule has 0 radical (unpaired) electrons. The van der Waals surface area contributed by atoms with Crippen LogP contribution < -0.4 is 16.0 Å². The molecule has 1 aromatic heterocycles. The summed E-state index contributed by atoms with van der Waals surface area (Å²) < 4.78 is 15.9. The van der Waals surface area contributed by atoms with Crippen LogP contribution in [0.1, 0.15) is 45.6 Å². The number of carbonyl (C=O) groups excluding carboxylic acids is 3. The predicted octanol–water partition coefficient (Wildman–Crippen LogP) is 1.39. The smallest absolute Gasteiger partial charge is 0.407 e. The van der Waals surface area contributed by atoms with E-state index in [1.54, 1.807) is 20.8 Å². The van der Waals surface area contributed by atoms with Crippen molar-refractivity contribution in [1.29, 1.82) is 0 Å². The average Bonchev–Trinajstić information content (AvgIpc) is 2.88. The van der Waals surface area contributed by atoms with Crippen molar-refractivity contribution in [3.63, 3.8) is 0 Å². The Bertz CT molecular complexity index is 984. The first-order valence-electron chi connectivity index (χ1n) is 12.5. The summed E-state index contributed by atoms with van der Waals surface area (Å²) >= 11 is 0. The van der Waals surface area contributed by atoms with Crippen molar-refractivity contribution < 1.29 is 28.6 Å². The number of benzene rings is 1. The number of ether oxygens (including phenoxy) is 3. The third-order valence-corrected chi connectivity index (χ3v) is 4.77. The van der Waals surface area contributed by atoms with Gasteiger partial charge in [0.05, 0.1) is 26.4 Å². The maximum Gasteiger partial charge on any atom is 0.407 e. The number of carbonyl (C=O) groups is 3. The second kappa shape index (κ2) is 16.9. The van der Waals surface area contributed by atoms with E-state index in [9.17, 15) is 14.4 Å². The molecule has 0 atom stereocenters. The Balaban J connectivity index is 1.42. The molecule has 0 aliphatic heterocycles. The third kappa shape index (κ3) is 14.1. The second-order valence-electron chi connectivity index (χ2n) is 9.20. The minimum atomic E-state index is -0.533. The Kier molecular flexibility index (Phi) is 13.6. The number of nitrogens with zero attached hydrogens (tertiary/aromatic N) is 4. The van der Waals surface area contributed by atoms with E-state index in [-0.39, 0.29) is 24.7 Å². The molecule has 0 bridgehead atoms. The number of hydrogen-bond donors (Lipinski definition) is 3. The lowest BCUT2D eigenvalue weighted by atomic mass is 10.1. The lowest BCUT2D eigenvalue weighted by molar-refractivity contribution is -0.122. The van der Waals surface area contributed by atoms with E-state index in [1.165, 1.54) is 6.33 Å². The summed E-state index contributed by atoms with van der Waals surface area (Å²) in [4.78, 5) is 35.5. The average molecular weight is 532 g/mol. The normalized spacial score (nSPS) is 11.0. The summed E-state index contributed by atoms with van der Waals surface area (Å²) in [7, 11) is 0. The molecule has 0 fully saturated rings. The minimum Gasteiger partial charge on any atom is -0.444 e. The van der Waals surface area contributed by atoms with Crippen molar-refractivity contribution in [2.45, 2.75) is 52.2 Å². The van der Waals surface area contributed by atoms with Gasteiger partial charge in [0, 0.05) is 38.0 Å². The highest BCUT2D eigenvalue weighted by Crippen LogP contribution is 2.13. The number of alkyl carbamates (subject to hydrolysis) is 1. The van der Waals surface area contributed by atoms with Crippen LogP contribution >= 0.6 is 0 Å². The Hall–Kier alpha value is -3.71. The molecular weight excluding hydrogens is 494 g/mol. The zero-order valence-corrected chi connectivity index (χ0v) is 22.2. The van der Waals surface area contributed by atoms with Crippen LogP contribution in [0.4, 0.5) is 4.79 Å². The van der Waals surface area contributed by atoms with Crippen molar-refractivity contribution in [3.8, 4) is 11.4 Å². The molecule has 13 nitrogen and oxygen atoms in total. The van der Waals surface area contributed by atoms with Crippen LogP contribution in [0.2, 0.25) is 0 Å². The van der Waals surface area contributed by atoms with Crippen LogP contribution in [0.15, 0.2) is 30.6 Å². The Labute approximate surface area is 222 Å². The first-order chi connectivity index (χ1) is 18.2. The molecule has 208 valence electrons. The SMILES string of the molecule is CC(C)(C)OC(=O)NCCOCCOCCNC(=O)CCCC(=O)NCc1ccc(-c2nncnn2)cc1. The van der Waals surface area contributed by atoms with Gasteiger partial charge in [-0.05, 0) is 32.8 Å². The molecule has 3 N–H and O–H groups in total. The lowest BCUT2D eigenvalue weighted by Gasteiger charge is -2.19. The summed E-state index contributed by atoms with van der Waals surface area (Å²) in [6.45, 7) is 7.95. The zero-order valence-electron chi connectivity index (χ0n) is 22.2. The van der Waals surface area contributed by atoms with Crippen molar-refractivity contribution in [2.75, 3.05) is 39.5 Å². The van der Waals surface area contributed by atoms with Gasteiger partial charge in [0.2, 0.25) is 17.6 Å². The number of amides is 3. The maximum atomic E-state index is 12.1. The van der Waals surface area contributed by atoms with Gasteiger partial charge in [-0.1, -0.05) is 24.3 Å². The Morgan fingerprint density at radius 3 is 1.97 bits per heavy atom. The van der Waals surface area contributed by atoms with E-state index >= 15 is 0 Å². The lowest BCUT2D eigenvalue weighted by Crippen LogP contribution is -2.34. The molecule has 1 aromatic carbocycles. The van der Waals surface area contributed by atoms with E-state index in [1.807, 2.05) is 24.3 Å². The van der Waals surface area contributed by atoms with Gasteiger partial charge in [-0.3, -0.25) is 9.59 Å². The molecule has 0 aliphatic carbocycles. The van der Waals surface area contributed by atoms with Gasteiger partial charge in [-0.25, -0.2) is 4.79 Å². The van der Waals surface area contributed by atoms with Crippen LogP contribution in [0.5, 0.6) is 0 Å². The highest BCUT2D eigenvalue weighted by atomic mass is 16.6. The molecule has 2 aromatic rings. The summed E-state index contributed by atoms with van der Waals surface area (Å²) in [5.74, 6) is 0.184. The fraction of sp³-hybridized carbons (Fsp3) is 0.560. The second-order valence-corrected chi connectivity index (χ2v) is 9.20. The zero-order chi connectivity index (χ0) is 27.6. The topological polar surface area (TPSA) is 167 Å². The molecule has 2 rings (SSSR count). The fourth-order valence-electron chi connectivity index (χ4n) is 3.00. The highest BCUT2D eigenvalue weighted by Gasteiger charge is 2.15. The van der Waals surface area contributed by atoms with Crippen LogP contribution in [0.3, 0.4) is 0 Å². The molecule has 0 saturated carbocycles. The van der Waals surface area contributed by atoms with E-state index in [0.29, 0.717) is 58.3 Å². The molecule has 0 aliphatic rings. The monoisotopic (exact) mass is 531 g/mol. The number of aromatic nitrogens is 4. The number of rotatable bonds is 16. The predicted molar refractivity (Wildman–Crippen MR) is 138 cm³/mol. The van der Waals surface area contributed by atoms with Crippen LogP contribution in [0.25, 0.3) is 11.4 Å². The van der Waals surface area contributed by atoms with E-state index in [4.69, 9.17) is 14.2 Å². The van der Waals surface area contributed by atoms with Crippen LogP contribution in [-0.4, -0.2) is 83.4 Å². The van der Waals surface area contributed by atoms with Crippen LogP contribution in [0, 0.1) is 0 Å². The summed E-state index contributed by atoms with van der Waals surface area (Å²) in [5, 5.41) is 23.4. The highest BCUT2D eigenvalue weighted by molar-refractivity contribution is 5.78. The molecule has 0 spiro atoms. The number of hydrogen-bond acceptors (Lipinski definition) is 10. The van der Waals surface area contributed by atoms with Crippen molar-refractivity contribution in [2.24, 2.45) is 0 Å². The molecule has 38 heavy (non-hydrogen) atoms. The van der Waals surface area contributed by atoms with Crippen LogP contribution in [-0.2, 0) is 30.3 Å². The minimum absolute atomic E-state index is 0.119. The van der Waals surface area contributed by atoms with Gasteiger partial charge in [-0.2, -0.15) is 0 Å². The van der Waals surface area contributed by atoms with Gasteiger partial charge in [0.1, 0.15) is 5.60 Å². The van der Waals surface area contributed by atoms with Crippen molar-refractivity contribution in [3.05, 3.63) is 36.2 Å². The molecule has 3 amide bonds. The summed E-state index contributed by atoms with van der Waals surface area (Å²) in [5.41, 5.74) is 1.18. The Morgan fingerprint density at radius 2 is 1.37 bits per heavy atom. The first-order valence-corrected chi connectivity index (χ1v) is 12.5. The maximum absolute atomic E-state index is 12.1. The van der Waals surface area contributed by atoms with E-state index < -0.39 is 11.7 Å². The molecule has 13 heteroatoms. The largest absolute Gasteiger partial charge is 0.444 e. The molecule has 0 saturated heterocycles. The molecule has 1 heterocycles. The molecular formula is C25H37N7O6. The molecule has 0 unspecified atom stereocenters. The number of nitrogens with one attached hydrogen (secondary N) is 3.